The number of benzene rings is 2. The van der Waals surface area contributed by atoms with Crippen LogP contribution in [0.5, 0.6) is 5.75 Å². The summed E-state index contributed by atoms with van der Waals surface area (Å²) in [6.07, 6.45) is 1.38. The van der Waals surface area contributed by atoms with Gasteiger partial charge in [-0.1, -0.05) is 24.3 Å². The average molecular weight is 460 g/mol. The molecule has 0 saturated carbocycles. The molecular formula is C20H18FN5O3S2. The molecule has 0 bridgehead atoms. The topological polar surface area (TPSA) is 90.2 Å². The smallest absolute Gasteiger partial charge is 0.243 e. The molecule has 0 spiro atoms. The van der Waals surface area contributed by atoms with Crippen LogP contribution < -0.4 is 4.74 Å². The minimum absolute atomic E-state index is 0.0223. The highest BCUT2D eigenvalue weighted by Crippen LogP contribution is 2.29. The predicted molar refractivity (Wildman–Crippen MR) is 113 cm³/mol. The number of methoxy groups -OCH3 is 1. The summed E-state index contributed by atoms with van der Waals surface area (Å²) in [5.41, 5.74) is 0.783. The monoisotopic (exact) mass is 459 g/mol. The van der Waals surface area contributed by atoms with Crippen LogP contribution in [0.3, 0.4) is 0 Å². The van der Waals surface area contributed by atoms with Crippen molar-refractivity contribution >= 4 is 21.4 Å². The van der Waals surface area contributed by atoms with E-state index in [1.807, 2.05) is 17.5 Å². The number of rotatable bonds is 8. The van der Waals surface area contributed by atoms with E-state index in [1.54, 1.807) is 24.3 Å². The van der Waals surface area contributed by atoms with E-state index in [0.29, 0.717) is 11.3 Å². The highest BCUT2D eigenvalue weighted by atomic mass is 32.2. The van der Waals surface area contributed by atoms with Crippen LogP contribution in [0, 0.1) is 5.82 Å². The molecule has 2 aromatic carbocycles. The Morgan fingerprint density at radius 1 is 1.13 bits per heavy atom. The molecule has 0 radical (unpaired) electrons. The first-order valence-electron chi connectivity index (χ1n) is 9.16. The van der Waals surface area contributed by atoms with Gasteiger partial charge in [0.25, 0.3) is 0 Å². The zero-order chi connectivity index (χ0) is 21.8. The highest BCUT2D eigenvalue weighted by molar-refractivity contribution is 7.89. The molecule has 0 atom stereocenters. The zero-order valence-corrected chi connectivity index (χ0v) is 18.1. The molecule has 0 aliphatic rings. The van der Waals surface area contributed by atoms with Crippen molar-refractivity contribution in [3.63, 3.8) is 0 Å². The van der Waals surface area contributed by atoms with Gasteiger partial charge in [-0.25, -0.2) is 12.8 Å². The van der Waals surface area contributed by atoms with Gasteiger partial charge in [0.1, 0.15) is 23.6 Å². The number of hydrogen-bond donors (Lipinski definition) is 0. The molecule has 11 heteroatoms. The molecule has 4 rings (SSSR count). The van der Waals surface area contributed by atoms with Crippen molar-refractivity contribution in [1.29, 1.82) is 0 Å². The molecule has 0 unspecified atom stereocenters. The number of thiophene rings is 1. The largest absolute Gasteiger partial charge is 0.494 e. The summed E-state index contributed by atoms with van der Waals surface area (Å²) in [7, 11) is -2.54. The van der Waals surface area contributed by atoms with Crippen LogP contribution in [0.25, 0.3) is 5.69 Å². The molecule has 2 aromatic heterocycles. The SMILES string of the molecule is COc1cc(S(=O)(=O)N(Cc2cccs2)Cc2ccccc2F)ccc1-n1cnnn1. The maximum atomic E-state index is 14.3. The van der Waals surface area contributed by atoms with Crippen LogP contribution in [0.4, 0.5) is 4.39 Å². The Bertz CT molecular complexity index is 1260. The van der Waals surface area contributed by atoms with Crippen LogP contribution in [-0.4, -0.2) is 40.0 Å². The number of ether oxygens (including phenoxy) is 1. The zero-order valence-electron chi connectivity index (χ0n) is 16.4. The second-order valence-electron chi connectivity index (χ2n) is 6.53. The Kier molecular flexibility index (Phi) is 6.07. The molecule has 0 aliphatic heterocycles. The van der Waals surface area contributed by atoms with E-state index < -0.39 is 15.8 Å². The van der Waals surface area contributed by atoms with Crippen molar-refractivity contribution in [2.75, 3.05) is 7.11 Å². The van der Waals surface area contributed by atoms with E-state index in [1.165, 1.54) is 52.0 Å². The van der Waals surface area contributed by atoms with Crippen molar-refractivity contribution in [2.45, 2.75) is 18.0 Å². The average Bonchev–Trinajstić information content (AvgIpc) is 3.48. The number of halogens is 1. The second-order valence-corrected chi connectivity index (χ2v) is 9.50. The van der Waals surface area contributed by atoms with Gasteiger partial charge in [0.15, 0.2) is 0 Å². The summed E-state index contributed by atoms with van der Waals surface area (Å²) in [5.74, 6) is -0.171. The fraction of sp³-hybridized carbons (Fsp3) is 0.150. The van der Waals surface area contributed by atoms with Crippen molar-refractivity contribution in [3.8, 4) is 11.4 Å². The number of hydrogen-bond acceptors (Lipinski definition) is 7. The molecule has 8 nitrogen and oxygen atoms in total. The summed E-state index contributed by atoms with van der Waals surface area (Å²) >= 11 is 1.44. The lowest BCUT2D eigenvalue weighted by Crippen LogP contribution is -2.30. The van der Waals surface area contributed by atoms with Crippen molar-refractivity contribution < 1.29 is 17.5 Å². The third-order valence-electron chi connectivity index (χ3n) is 4.60. The van der Waals surface area contributed by atoms with Gasteiger partial charge >= 0.3 is 0 Å². The summed E-state index contributed by atoms with van der Waals surface area (Å²) in [6, 6.07) is 14.3. The van der Waals surface area contributed by atoms with E-state index in [4.69, 9.17) is 4.74 Å². The number of nitrogens with zero attached hydrogens (tertiary/aromatic N) is 5. The lowest BCUT2D eigenvalue weighted by molar-refractivity contribution is 0.393. The molecule has 0 saturated heterocycles. The van der Waals surface area contributed by atoms with E-state index in [2.05, 4.69) is 15.5 Å². The summed E-state index contributed by atoms with van der Waals surface area (Å²) in [6.45, 7) is 0.00929. The highest BCUT2D eigenvalue weighted by Gasteiger charge is 2.27. The van der Waals surface area contributed by atoms with Crippen LogP contribution in [0.2, 0.25) is 0 Å². The van der Waals surface area contributed by atoms with E-state index in [0.717, 1.165) is 4.88 Å². The van der Waals surface area contributed by atoms with Crippen LogP contribution >= 0.6 is 11.3 Å². The first-order valence-corrected chi connectivity index (χ1v) is 11.5. The normalized spacial score (nSPS) is 11.7. The molecule has 2 heterocycles. The third kappa shape index (κ3) is 4.48. The Morgan fingerprint density at radius 3 is 2.65 bits per heavy atom. The van der Waals surface area contributed by atoms with Gasteiger partial charge in [0.2, 0.25) is 10.0 Å². The van der Waals surface area contributed by atoms with Gasteiger partial charge in [-0.05, 0) is 40.1 Å². The van der Waals surface area contributed by atoms with Crippen LogP contribution in [0.1, 0.15) is 10.4 Å². The summed E-state index contributed by atoms with van der Waals surface area (Å²) in [4.78, 5) is 0.867. The van der Waals surface area contributed by atoms with Gasteiger partial charge in [0.05, 0.1) is 12.0 Å². The van der Waals surface area contributed by atoms with Crippen molar-refractivity contribution in [1.82, 2.24) is 24.5 Å². The first-order chi connectivity index (χ1) is 15.0. The van der Waals surface area contributed by atoms with Gasteiger partial charge in [-0.2, -0.15) is 8.99 Å². The Hall–Kier alpha value is -3.15. The minimum Gasteiger partial charge on any atom is -0.494 e. The minimum atomic E-state index is -3.98. The standard InChI is InChI=1S/C20H18FN5O3S2/c1-29-20-11-17(8-9-19(20)26-14-22-23-24-26)31(27,28)25(13-16-6-4-10-30-16)12-15-5-2-3-7-18(15)21/h2-11,14H,12-13H2,1H3. The van der Waals surface area contributed by atoms with Gasteiger partial charge in [0, 0.05) is 29.6 Å². The molecule has 4 aromatic rings. The lowest BCUT2D eigenvalue weighted by atomic mass is 10.2. The molecule has 160 valence electrons. The quantitative estimate of drug-likeness (QED) is 0.402. The van der Waals surface area contributed by atoms with Gasteiger partial charge in [-0.15, -0.1) is 16.4 Å². The summed E-state index contributed by atoms with van der Waals surface area (Å²) < 4.78 is 49.4. The van der Waals surface area contributed by atoms with Gasteiger partial charge in [-0.3, -0.25) is 0 Å². The molecule has 0 N–H and O–H groups in total. The van der Waals surface area contributed by atoms with E-state index >= 15 is 0 Å². The molecular weight excluding hydrogens is 441 g/mol. The number of tetrazole rings is 1. The third-order valence-corrected chi connectivity index (χ3v) is 7.25. The van der Waals surface area contributed by atoms with Crippen molar-refractivity contribution in [2.24, 2.45) is 0 Å². The van der Waals surface area contributed by atoms with Crippen molar-refractivity contribution in [3.05, 3.63) is 82.6 Å². The van der Waals surface area contributed by atoms with Crippen LogP contribution in [0.15, 0.2) is 71.2 Å². The summed E-state index contributed by atoms with van der Waals surface area (Å²) in [5, 5.41) is 12.9. The maximum Gasteiger partial charge on any atom is 0.243 e. The predicted octanol–water partition coefficient (Wildman–Crippen LogP) is 3.26. The molecule has 0 fully saturated rings. The first kappa shape index (κ1) is 21.1. The van der Waals surface area contributed by atoms with E-state index in [9.17, 15) is 12.8 Å². The number of sulfonamides is 1. The fourth-order valence-corrected chi connectivity index (χ4v) is 5.26. The lowest BCUT2D eigenvalue weighted by Gasteiger charge is -2.22. The molecule has 0 amide bonds. The molecule has 31 heavy (non-hydrogen) atoms. The fourth-order valence-electron chi connectivity index (χ4n) is 3.05. The Balaban J connectivity index is 1.73. The Morgan fingerprint density at radius 2 is 1.97 bits per heavy atom. The number of aromatic nitrogens is 4. The molecule has 0 aliphatic carbocycles. The maximum absolute atomic E-state index is 14.3. The Labute approximate surface area is 182 Å². The van der Waals surface area contributed by atoms with Crippen LogP contribution in [-0.2, 0) is 23.1 Å². The van der Waals surface area contributed by atoms with Gasteiger partial charge < -0.3 is 4.74 Å². The van der Waals surface area contributed by atoms with E-state index in [-0.39, 0.29) is 23.7 Å². The second kappa shape index (κ2) is 8.92.